The highest BCUT2D eigenvalue weighted by molar-refractivity contribution is 7.90. The van der Waals surface area contributed by atoms with Crippen molar-refractivity contribution in [3.05, 3.63) is 82.4 Å². The van der Waals surface area contributed by atoms with Gasteiger partial charge in [-0.15, -0.1) is 0 Å². The Labute approximate surface area is 377 Å². The van der Waals surface area contributed by atoms with Crippen LogP contribution in [0.3, 0.4) is 0 Å². The lowest BCUT2D eigenvalue weighted by atomic mass is 10.0. The van der Waals surface area contributed by atoms with Gasteiger partial charge in [0.1, 0.15) is 11.6 Å². The molecule has 6 aliphatic rings. The average Bonchev–Trinajstić information content (AvgIpc) is 4.11. The minimum Gasteiger partial charge on any atom is -0.478 e. The Bertz CT molecular complexity index is 2280. The lowest BCUT2D eigenvalue weighted by Crippen LogP contribution is -2.43. The number of nitrogens with zero attached hydrogens (tertiary/aromatic N) is 4. The van der Waals surface area contributed by atoms with Crippen LogP contribution in [0.4, 0.5) is 26.3 Å². The Hall–Kier alpha value is -4.62. The van der Waals surface area contributed by atoms with Crippen molar-refractivity contribution in [2.45, 2.75) is 98.9 Å². The summed E-state index contributed by atoms with van der Waals surface area (Å²) in [6.45, 7) is 2.58. The zero-order chi connectivity index (χ0) is 48.4. The maximum atomic E-state index is 13.8. The number of hydrogen-bond donors (Lipinski definition) is 4. The first-order valence-corrected chi connectivity index (χ1v) is 24.5. The molecular formula is C42H52F6N6O10S2. The lowest BCUT2D eigenvalue weighted by molar-refractivity contribution is -0.134. The number of carboxylic acids is 2. The molecule has 0 bridgehead atoms. The smallest absolute Gasteiger partial charge is 0.328 e. The maximum Gasteiger partial charge on any atom is 0.328 e. The predicted octanol–water partition coefficient (Wildman–Crippen LogP) is 2.49. The van der Waals surface area contributed by atoms with Crippen molar-refractivity contribution in [2.24, 2.45) is 23.3 Å². The number of halogens is 6. The summed E-state index contributed by atoms with van der Waals surface area (Å²) in [5.41, 5.74) is 11.8. The van der Waals surface area contributed by atoms with Crippen LogP contribution in [-0.4, -0.2) is 143 Å². The molecule has 8 rings (SSSR count). The van der Waals surface area contributed by atoms with Gasteiger partial charge in [0.25, 0.3) is 0 Å². The minimum absolute atomic E-state index is 0.0724. The predicted molar refractivity (Wildman–Crippen MR) is 224 cm³/mol. The monoisotopic (exact) mass is 978 g/mol. The van der Waals surface area contributed by atoms with Gasteiger partial charge in [-0.1, -0.05) is 0 Å². The van der Waals surface area contributed by atoms with E-state index in [-0.39, 0.29) is 83.0 Å². The number of likely N-dealkylation sites (tertiary alicyclic amines) is 2. The standard InChI is InChI=1S/2C19H24F3N3O3S.C4H4O4/c2*20-15-8-17(22)16(21)6-12(15)5-13(23)7-19(26)25-4-3-11-9-24(10-18(11)25)29(27,28)14-1-2-14;5-3(6)1-2-4(7)8/h2*6,8,11,13-14,18H,1-5,7,9-10,23H2;1-2H,(H,5,6)(H,7,8)/b;;2-1+/t2*11-,13+,18+;/m00./s1. The van der Waals surface area contributed by atoms with Gasteiger partial charge in [0.15, 0.2) is 23.3 Å². The molecule has 4 heterocycles. The number of carbonyl (C=O) groups excluding carboxylic acids is 2. The number of benzene rings is 2. The molecule has 2 aliphatic carbocycles. The molecular weight excluding hydrogens is 927 g/mol. The number of amides is 2. The molecule has 24 heteroatoms. The number of carboxylic acid groups (broad SMARTS) is 2. The van der Waals surface area contributed by atoms with E-state index in [0.29, 0.717) is 89.2 Å². The van der Waals surface area contributed by atoms with Crippen LogP contribution in [0.1, 0.15) is 62.5 Å². The fraction of sp³-hybridized carbons (Fsp3) is 0.571. The van der Waals surface area contributed by atoms with Crippen LogP contribution in [0.2, 0.25) is 0 Å². The zero-order valence-corrected chi connectivity index (χ0v) is 37.2. The first-order valence-electron chi connectivity index (χ1n) is 21.4. The number of hydrogen-bond acceptors (Lipinski definition) is 10. The molecule has 2 amide bonds. The molecule has 0 spiro atoms. The average molecular weight is 979 g/mol. The largest absolute Gasteiger partial charge is 0.478 e. The van der Waals surface area contributed by atoms with Crippen molar-refractivity contribution in [3.63, 3.8) is 0 Å². The summed E-state index contributed by atoms with van der Waals surface area (Å²) < 4.78 is 133. The van der Waals surface area contributed by atoms with Gasteiger partial charge in [-0.25, -0.2) is 52.8 Å². The Morgan fingerprint density at radius 1 is 0.561 bits per heavy atom. The molecule has 0 unspecified atom stereocenters. The number of sulfonamides is 2. The fourth-order valence-electron chi connectivity index (χ4n) is 9.01. The van der Waals surface area contributed by atoms with Crippen molar-refractivity contribution in [2.75, 3.05) is 39.3 Å². The van der Waals surface area contributed by atoms with E-state index in [9.17, 15) is 62.4 Å². The van der Waals surface area contributed by atoms with Crippen molar-refractivity contribution >= 4 is 43.8 Å². The second-order valence-electron chi connectivity index (χ2n) is 17.6. The molecule has 4 saturated heterocycles. The van der Waals surface area contributed by atoms with Crippen LogP contribution < -0.4 is 11.5 Å². The number of aliphatic carboxylic acids is 2. The topological polar surface area (TPSA) is 242 Å². The Morgan fingerprint density at radius 3 is 1.21 bits per heavy atom. The molecule has 6 N–H and O–H groups in total. The number of carbonyl (C=O) groups is 4. The van der Waals surface area contributed by atoms with Crippen LogP contribution >= 0.6 is 0 Å². The van der Waals surface area contributed by atoms with Gasteiger partial charge in [0, 0.05) is 101 Å². The molecule has 16 nitrogen and oxygen atoms in total. The normalized spacial score (nSPS) is 24.0. The van der Waals surface area contributed by atoms with Gasteiger partial charge in [-0.05, 0) is 86.5 Å². The van der Waals surface area contributed by atoms with Gasteiger partial charge in [-0.3, -0.25) is 9.59 Å². The Balaban J connectivity index is 0.000000188. The third kappa shape index (κ3) is 12.3. The van der Waals surface area contributed by atoms with E-state index in [2.05, 4.69) is 0 Å². The summed E-state index contributed by atoms with van der Waals surface area (Å²) in [5.74, 6) is -9.39. The summed E-state index contributed by atoms with van der Waals surface area (Å²) in [4.78, 5) is 48.0. The summed E-state index contributed by atoms with van der Waals surface area (Å²) in [6, 6.07) is 0.625. The molecule has 2 saturated carbocycles. The van der Waals surface area contributed by atoms with Gasteiger partial charge < -0.3 is 31.5 Å². The number of fused-ring (bicyclic) bond motifs is 2. The molecule has 2 aromatic rings. The van der Waals surface area contributed by atoms with E-state index in [4.69, 9.17) is 21.7 Å². The van der Waals surface area contributed by atoms with Crippen molar-refractivity contribution in [1.29, 1.82) is 0 Å². The molecule has 6 atom stereocenters. The molecule has 6 fully saturated rings. The second-order valence-corrected chi connectivity index (χ2v) is 22.0. The van der Waals surface area contributed by atoms with Crippen LogP contribution in [0.5, 0.6) is 0 Å². The van der Waals surface area contributed by atoms with E-state index < -0.39 is 79.0 Å². The van der Waals surface area contributed by atoms with E-state index in [1.54, 1.807) is 9.80 Å². The van der Waals surface area contributed by atoms with E-state index in [1.807, 2.05) is 0 Å². The summed E-state index contributed by atoms with van der Waals surface area (Å²) in [5, 5.41) is 15.1. The van der Waals surface area contributed by atoms with Crippen LogP contribution in [0, 0.1) is 46.7 Å². The van der Waals surface area contributed by atoms with Crippen molar-refractivity contribution in [3.8, 4) is 0 Å². The molecule has 0 aromatic heterocycles. The van der Waals surface area contributed by atoms with Crippen LogP contribution in [0.25, 0.3) is 0 Å². The highest BCUT2D eigenvalue weighted by atomic mass is 32.2. The third-order valence-corrected chi connectivity index (χ3v) is 17.3. The summed E-state index contributed by atoms with van der Waals surface area (Å²) >= 11 is 0. The minimum atomic E-state index is -3.27. The van der Waals surface area contributed by atoms with Gasteiger partial charge >= 0.3 is 11.9 Å². The molecule has 4 aliphatic heterocycles. The highest BCUT2D eigenvalue weighted by Gasteiger charge is 2.51. The summed E-state index contributed by atoms with van der Waals surface area (Å²) in [6.07, 6.45) is 5.05. The van der Waals surface area contributed by atoms with Crippen LogP contribution in [0.15, 0.2) is 36.4 Å². The first-order chi connectivity index (χ1) is 31.0. The van der Waals surface area contributed by atoms with Gasteiger partial charge in [0.05, 0.1) is 10.5 Å². The molecule has 364 valence electrons. The zero-order valence-electron chi connectivity index (χ0n) is 35.6. The lowest BCUT2D eigenvalue weighted by Gasteiger charge is -2.26. The van der Waals surface area contributed by atoms with Gasteiger partial charge in [-0.2, -0.15) is 8.61 Å². The van der Waals surface area contributed by atoms with E-state index in [1.165, 1.54) is 8.61 Å². The van der Waals surface area contributed by atoms with Crippen molar-refractivity contribution < 1.29 is 72.6 Å². The molecule has 2 aromatic carbocycles. The Kier molecular flexibility index (Phi) is 15.9. The van der Waals surface area contributed by atoms with Crippen molar-refractivity contribution in [1.82, 2.24) is 18.4 Å². The number of nitrogens with two attached hydrogens (primary N) is 2. The number of rotatable bonds is 14. The molecule has 66 heavy (non-hydrogen) atoms. The SMILES string of the molecule is N[C@@H](CC(=O)N1CC[C@H]2CN(S(=O)(=O)C3CC3)C[C@H]21)Cc1cc(F)c(F)cc1F.N[C@@H](CC(=O)N1CC[C@H]2CN(S(=O)(=O)C3CC3)C[C@H]21)Cc1cc(F)c(F)cc1F.O=C(O)/C=C/C(=O)O. The van der Waals surface area contributed by atoms with E-state index >= 15 is 0 Å². The third-order valence-electron chi connectivity index (χ3n) is 12.7. The second kappa shape index (κ2) is 20.7. The first kappa shape index (κ1) is 50.8. The highest BCUT2D eigenvalue weighted by Crippen LogP contribution is 2.40. The summed E-state index contributed by atoms with van der Waals surface area (Å²) in [7, 11) is -6.54. The Morgan fingerprint density at radius 2 is 0.894 bits per heavy atom. The maximum absolute atomic E-state index is 13.8. The van der Waals surface area contributed by atoms with Gasteiger partial charge in [0.2, 0.25) is 31.9 Å². The van der Waals surface area contributed by atoms with Crippen LogP contribution in [-0.2, 0) is 52.1 Å². The molecule has 0 radical (unpaired) electrons. The quantitative estimate of drug-likeness (QED) is 0.121. The fourth-order valence-corrected chi connectivity index (χ4v) is 12.8. The van der Waals surface area contributed by atoms with E-state index in [0.717, 1.165) is 25.0 Å².